The second-order valence-electron chi connectivity index (χ2n) is 13.6. The monoisotopic (exact) mass is 780 g/mol. The first-order valence-corrected chi connectivity index (χ1v) is 15.3. The molecule has 0 aliphatic heterocycles. The normalized spacial score (nSPS) is 11.3. The molecule has 4 aromatic carbocycles. The van der Waals surface area contributed by atoms with Crippen molar-refractivity contribution >= 4 is 0 Å². The SMILES string of the molecule is CC(C)(CO)c1ccccc1.CC(C)(CO)c1ccccc1.CC(C)(CO)c1ccccc1.CC(C)(CO)c1ccccc1.[Hf]. The fourth-order valence-corrected chi connectivity index (χ4v) is 3.92. The van der Waals surface area contributed by atoms with E-state index in [1.165, 1.54) is 22.3 Å². The molecule has 0 atom stereocenters. The molecule has 0 spiro atoms. The molecule has 0 amide bonds. The molecule has 0 saturated heterocycles. The van der Waals surface area contributed by atoms with Gasteiger partial charge in [-0.2, -0.15) is 0 Å². The first-order valence-electron chi connectivity index (χ1n) is 15.3. The average Bonchev–Trinajstić information content (AvgIpc) is 3.07. The van der Waals surface area contributed by atoms with Gasteiger partial charge < -0.3 is 20.4 Å². The van der Waals surface area contributed by atoms with Crippen molar-refractivity contribution in [3.8, 4) is 0 Å². The van der Waals surface area contributed by atoms with Crippen molar-refractivity contribution in [2.45, 2.75) is 77.0 Å². The van der Waals surface area contributed by atoms with Gasteiger partial charge in [-0.25, -0.2) is 0 Å². The Kier molecular flexibility index (Phi) is 19.6. The quantitative estimate of drug-likeness (QED) is 0.138. The fourth-order valence-electron chi connectivity index (χ4n) is 3.92. The van der Waals surface area contributed by atoms with E-state index in [2.05, 4.69) is 0 Å². The Morgan fingerprint density at radius 3 is 0.556 bits per heavy atom. The van der Waals surface area contributed by atoms with Crippen LogP contribution in [0.3, 0.4) is 0 Å². The van der Waals surface area contributed by atoms with Crippen LogP contribution in [0, 0.1) is 0 Å². The van der Waals surface area contributed by atoms with E-state index in [9.17, 15) is 0 Å². The largest absolute Gasteiger partial charge is 0.395 e. The topological polar surface area (TPSA) is 80.9 Å². The number of aliphatic hydroxyl groups is 4. The summed E-state index contributed by atoms with van der Waals surface area (Å²) in [5.41, 5.74) is 4.29. The van der Waals surface area contributed by atoms with Crippen LogP contribution in [-0.2, 0) is 47.5 Å². The predicted octanol–water partition coefficient (Wildman–Crippen LogP) is 7.82. The smallest absolute Gasteiger partial charge is 0.0522 e. The molecule has 45 heavy (non-hydrogen) atoms. The molecule has 0 bridgehead atoms. The molecule has 0 saturated carbocycles. The van der Waals surface area contributed by atoms with Gasteiger partial charge in [0.05, 0.1) is 26.4 Å². The maximum Gasteiger partial charge on any atom is 0.0522 e. The van der Waals surface area contributed by atoms with Gasteiger partial charge in [-0.1, -0.05) is 177 Å². The first-order chi connectivity index (χ1) is 20.7. The zero-order chi connectivity index (χ0) is 33.3. The Balaban J connectivity index is 0.000000569. The maximum absolute atomic E-state index is 9.05. The van der Waals surface area contributed by atoms with E-state index in [-0.39, 0.29) is 73.9 Å². The molecule has 0 unspecified atom stereocenters. The van der Waals surface area contributed by atoms with Gasteiger partial charge >= 0.3 is 0 Å². The van der Waals surface area contributed by atoms with Crippen molar-refractivity contribution < 1.29 is 46.3 Å². The van der Waals surface area contributed by atoms with Crippen LogP contribution in [-0.4, -0.2) is 46.9 Å². The molecular weight excluding hydrogens is 723 g/mol. The zero-order valence-corrected chi connectivity index (χ0v) is 32.3. The molecule has 0 fully saturated rings. The van der Waals surface area contributed by atoms with Crippen LogP contribution in [0.4, 0.5) is 0 Å². The minimum Gasteiger partial charge on any atom is -0.395 e. The van der Waals surface area contributed by atoms with Crippen molar-refractivity contribution in [2.75, 3.05) is 26.4 Å². The summed E-state index contributed by atoms with van der Waals surface area (Å²) < 4.78 is 0. The number of benzene rings is 4. The van der Waals surface area contributed by atoms with E-state index in [1.54, 1.807) is 0 Å². The van der Waals surface area contributed by atoms with Gasteiger partial charge in [0.2, 0.25) is 0 Å². The van der Waals surface area contributed by atoms with E-state index < -0.39 is 0 Å². The van der Waals surface area contributed by atoms with E-state index in [1.807, 2.05) is 177 Å². The molecule has 4 nitrogen and oxygen atoms in total. The van der Waals surface area contributed by atoms with Crippen molar-refractivity contribution in [1.29, 1.82) is 0 Å². The number of hydrogen-bond donors (Lipinski definition) is 4. The average molecular weight is 779 g/mol. The second-order valence-corrected chi connectivity index (χ2v) is 13.6. The maximum atomic E-state index is 9.05. The van der Waals surface area contributed by atoms with Crippen LogP contribution in [0.25, 0.3) is 0 Å². The van der Waals surface area contributed by atoms with Gasteiger partial charge in [0.15, 0.2) is 0 Å². The van der Waals surface area contributed by atoms with Crippen LogP contribution in [0.5, 0.6) is 0 Å². The van der Waals surface area contributed by atoms with Gasteiger partial charge in [-0.3, -0.25) is 0 Å². The molecule has 0 radical (unpaired) electrons. The Hall–Kier alpha value is -2.41. The van der Waals surface area contributed by atoms with Gasteiger partial charge in [0, 0.05) is 47.5 Å². The number of hydrogen-bond acceptors (Lipinski definition) is 4. The molecular formula is C40H56HfO4. The Morgan fingerprint density at radius 1 is 0.311 bits per heavy atom. The van der Waals surface area contributed by atoms with Crippen molar-refractivity contribution in [3.63, 3.8) is 0 Å². The molecule has 0 heterocycles. The predicted molar refractivity (Wildman–Crippen MR) is 186 cm³/mol. The van der Waals surface area contributed by atoms with Crippen LogP contribution in [0.1, 0.15) is 77.6 Å². The molecule has 244 valence electrons. The summed E-state index contributed by atoms with van der Waals surface area (Å²) in [6, 6.07) is 40.2. The second kappa shape index (κ2) is 20.7. The fraction of sp³-hybridized carbons (Fsp3) is 0.400. The van der Waals surface area contributed by atoms with Crippen LogP contribution in [0.2, 0.25) is 0 Å². The van der Waals surface area contributed by atoms with Gasteiger partial charge in [-0.15, -0.1) is 0 Å². The first kappa shape index (κ1) is 42.6. The minimum absolute atomic E-state index is 0. The van der Waals surface area contributed by atoms with E-state index in [0.717, 1.165) is 0 Å². The third-order valence-electron chi connectivity index (χ3n) is 7.80. The summed E-state index contributed by atoms with van der Waals surface area (Å²) >= 11 is 0. The van der Waals surface area contributed by atoms with Gasteiger partial charge in [0.1, 0.15) is 0 Å². The molecule has 0 aliphatic carbocycles. The summed E-state index contributed by atoms with van der Waals surface area (Å²) in [6.45, 7) is 17.0. The molecule has 5 heteroatoms. The molecule has 0 aliphatic rings. The summed E-state index contributed by atoms with van der Waals surface area (Å²) in [7, 11) is 0. The van der Waals surface area contributed by atoms with E-state index in [0.29, 0.717) is 0 Å². The standard InChI is InChI=1S/4C10H14O.Hf/c4*1-10(2,8-11)9-6-4-3-5-7-9;/h4*3-7,11H,8H2,1-2H3;. The molecule has 0 aromatic heterocycles. The Bertz CT molecular complexity index is 1070. The van der Waals surface area contributed by atoms with Crippen LogP contribution in [0.15, 0.2) is 121 Å². The number of rotatable bonds is 8. The number of aliphatic hydroxyl groups excluding tert-OH is 4. The minimum atomic E-state index is -0.110. The van der Waals surface area contributed by atoms with Crippen molar-refractivity contribution in [1.82, 2.24) is 0 Å². The summed E-state index contributed by atoms with van der Waals surface area (Å²) in [6.07, 6.45) is 0. The van der Waals surface area contributed by atoms with Crippen molar-refractivity contribution in [2.24, 2.45) is 0 Å². The van der Waals surface area contributed by atoms with Gasteiger partial charge in [-0.05, 0) is 22.3 Å². The zero-order valence-electron chi connectivity index (χ0n) is 28.7. The third kappa shape index (κ3) is 15.2. The Morgan fingerprint density at radius 2 is 0.444 bits per heavy atom. The van der Waals surface area contributed by atoms with Gasteiger partial charge in [0.25, 0.3) is 0 Å². The van der Waals surface area contributed by atoms with E-state index in [4.69, 9.17) is 20.4 Å². The molecule has 4 aromatic rings. The van der Waals surface area contributed by atoms with Crippen LogP contribution < -0.4 is 0 Å². The van der Waals surface area contributed by atoms with Crippen molar-refractivity contribution in [3.05, 3.63) is 144 Å². The summed E-state index contributed by atoms with van der Waals surface area (Å²) in [5.74, 6) is 0. The third-order valence-corrected chi connectivity index (χ3v) is 7.80. The molecule has 4 rings (SSSR count). The Labute approximate surface area is 292 Å². The summed E-state index contributed by atoms with van der Waals surface area (Å²) in [4.78, 5) is 0. The van der Waals surface area contributed by atoms with E-state index >= 15 is 0 Å². The van der Waals surface area contributed by atoms with Crippen LogP contribution >= 0.6 is 0 Å². The molecule has 4 N–H and O–H groups in total. The summed E-state index contributed by atoms with van der Waals surface area (Å²) in [5, 5.41) is 36.2.